The van der Waals surface area contributed by atoms with Crippen LogP contribution in [0.25, 0.3) is 6.08 Å². The highest BCUT2D eigenvalue weighted by atomic mass is 35.5. The lowest BCUT2D eigenvalue weighted by Gasteiger charge is -2.07. The molecule has 1 aliphatic heterocycles. The first-order valence-electron chi connectivity index (χ1n) is 7.73. The summed E-state index contributed by atoms with van der Waals surface area (Å²) in [5, 5.41) is 1.23. The highest BCUT2D eigenvalue weighted by Crippen LogP contribution is 2.33. The maximum absolute atomic E-state index is 12.4. The van der Waals surface area contributed by atoms with E-state index in [4.69, 9.17) is 16.3 Å². The van der Waals surface area contributed by atoms with Gasteiger partial charge in [0.25, 0.3) is 5.91 Å². The molecule has 0 aliphatic carbocycles. The number of hydrogen-bond donors (Lipinski definition) is 0. The van der Waals surface area contributed by atoms with Crippen molar-refractivity contribution in [3.05, 3.63) is 64.0 Å². The number of nitrogens with zero attached hydrogens (tertiary/aromatic N) is 2. The van der Waals surface area contributed by atoms with Crippen molar-refractivity contribution in [2.75, 3.05) is 7.05 Å². The summed E-state index contributed by atoms with van der Waals surface area (Å²) in [5.41, 5.74) is 1.56. The molecule has 2 aromatic rings. The molecule has 3 rings (SSSR count). The van der Waals surface area contributed by atoms with Gasteiger partial charge in [-0.25, -0.2) is 4.99 Å². The van der Waals surface area contributed by atoms with Crippen LogP contribution in [0.4, 0.5) is 5.69 Å². The number of hydrogen-bond acceptors (Lipinski definition) is 5. The van der Waals surface area contributed by atoms with Crippen LogP contribution in [-0.2, 0) is 9.59 Å². The Labute approximate surface area is 160 Å². The highest BCUT2D eigenvalue weighted by molar-refractivity contribution is 8.18. The van der Waals surface area contributed by atoms with Crippen LogP contribution in [0.2, 0.25) is 5.02 Å². The number of ether oxygens (including phenoxy) is 1. The van der Waals surface area contributed by atoms with Gasteiger partial charge < -0.3 is 4.74 Å². The van der Waals surface area contributed by atoms with E-state index in [1.54, 1.807) is 61.7 Å². The summed E-state index contributed by atoms with van der Waals surface area (Å²) >= 11 is 7.18. The first-order chi connectivity index (χ1) is 12.4. The van der Waals surface area contributed by atoms with Gasteiger partial charge in [-0.15, -0.1) is 0 Å². The van der Waals surface area contributed by atoms with Crippen LogP contribution in [0.1, 0.15) is 12.5 Å². The average Bonchev–Trinajstić information content (AvgIpc) is 2.86. The fraction of sp³-hybridized carbons (Fsp3) is 0.105. The summed E-state index contributed by atoms with van der Waals surface area (Å²) in [6.07, 6.45) is 1.78. The number of halogens is 1. The topological polar surface area (TPSA) is 59.0 Å². The Morgan fingerprint density at radius 1 is 1.15 bits per heavy atom. The molecule has 0 radical (unpaired) electrons. The fourth-order valence-corrected chi connectivity index (χ4v) is 3.34. The van der Waals surface area contributed by atoms with Gasteiger partial charge in [-0.05, 0) is 59.8 Å². The van der Waals surface area contributed by atoms with Gasteiger partial charge in [0.15, 0.2) is 5.17 Å². The molecular formula is C19H15ClN2O3S. The lowest BCUT2D eigenvalue weighted by Crippen LogP contribution is -2.23. The third kappa shape index (κ3) is 4.33. The molecule has 1 heterocycles. The Morgan fingerprint density at radius 2 is 1.81 bits per heavy atom. The molecule has 0 saturated carbocycles. The zero-order valence-electron chi connectivity index (χ0n) is 14.1. The minimum absolute atomic E-state index is 0.119. The van der Waals surface area contributed by atoms with Crippen LogP contribution in [0, 0.1) is 0 Å². The lowest BCUT2D eigenvalue weighted by molar-refractivity contribution is -0.131. The largest absolute Gasteiger partial charge is 0.427 e. The van der Waals surface area contributed by atoms with E-state index in [0.717, 1.165) is 11.3 Å². The Morgan fingerprint density at radius 3 is 2.42 bits per heavy atom. The van der Waals surface area contributed by atoms with Crippen molar-refractivity contribution in [1.82, 2.24) is 4.90 Å². The second-order valence-electron chi connectivity index (χ2n) is 5.51. The first kappa shape index (κ1) is 18.2. The Hall–Kier alpha value is -2.57. The lowest BCUT2D eigenvalue weighted by atomic mass is 10.2. The quantitative estimate of drug-likeness (QED) is 0.442. The maximum Gasteiger partial charge on any atom is 0.308 e. The molecule has 132 valence electrons. The number of esters is 1. The number of benzene rings is 2. The number of aliphatic imine (C=N–C) groups is 1. The number of amides is 1. The number of carbonyl (C=O) groups is 2. The second kappa shape index (κ2) is 7.76. The van der Waals surface area contributed by atoms with E-state index in [0.29, 0.717) is 20.8 Å². The highest BCUT2D eigenvalue weighted by Gasteiger charge is 2.30. The van der Waals surface area contributed by atoms with Crippen LogP contribution in [0.3, 0.4) is 0 Å². The standard InChI is InChI=1S/C19H15ClN2O3S/c1-12(23)25-16-9-3-13(4-10-16)11-17-18(24)22(2)19(26-17)21-15-7-5-14(20)6-8-15/h3-11H,1-2H3/b17-11+,21-19?. The van der Waals surface area contributed by atoms with Crippen molar-refractivity contribution >= 4 is 52.2 Å². The van der Waals surface area contributed by atoms with Crippen molar-refractivity contribution in [2.45, 2.75) is 6.92 Å². The Balaban J connectivity index is 1.80. The summed E-state index contributed by atoms with van der Waals surface area (Å²) < 4.78 is 5.00. The molecule has 0 aromatic heterocycles. The Bertz CT molecular complexity index is 905. The molecule has 0 bridgehead atoms. The number of rotatable bonds is 3. The monoisotopic (exact) mass is 386 g/mol. The van der Waals surface area contributed by atoms with Crippen LogP contribution in [0.15, 0.2) is 58.4 Å². The van der Waals surface area contributed by atoms with Crippen molar-refractivity contribution < 1.29 is 14.3 Å². The predicted molar refractivity (Wildman–Crippen MR) is 105 cm³/mol. The third-order valence-electron chi connectivity index (χ3n) is 3.49. The molecule has 26 heavy (non-hydrogen) atoms. The summed E-state index contributed by atoms with van der Waals surface area (Å²) in [5.74, 6) is -0.0266. The molecular weight excluding hydrogens is 372 g/mol. The molecule has 0 spiro atoms. The van der Waals surface area contributed by atoms with Gasteiger partial charge in [0.2, 0.25) is 0 Å². The van der Waals surface area contributed by atoms with Gasteiger partial charge in [-0.2, -0.15) is 0 Å². The van der Waals surface area contributed by atoms with E-state index < -0.39 is 0 Å². The molecule has 0 atom stereocenters. The third-order valence-corrected chi connectivity index (χ3v) is 4.81. The summed E-state index contributed by atoms with van der Waals surface area (Å²) in [6, 6.07) is 14.0. The Kier molecular flexibility index (Phi) is 5.44. The minimum atomic E-state index is -0.373. The van der Waals surface area contributed by atoms with E-state index in [-0.39, 0.29) is 11.9 Å². The van der Waals surface area contributed by atoms with Crippen LogP contribution in [-0.4, -0.2) is 29.0 Å². The second-order valence-corrected chi connectivity index (χ2v) is 6.95. The van der Waals surface area contributed by atoms with Gasteiger partial charge in [0, 0.05) is 19.0 Å². The van der Waals surface area contributed by atoms with Gasteiger partial charge >= 0.3 is 5.97 Å². The molecule has 1 aliphatic rings. The zero-order valence-corrected chi connectivity index (χ0v) is 15.7. The SMILES string of the molecule is CC(=O)Oc1ccc(/C=C2/SC(=Nc3ccc(Cl)cc3)N(C)C2=O)cc1. The average molecular weight is 387 g/mol. The minimum Gasteiger partial charge on any atom is -0.427 e. The van der Waals surface area contributed by atoms with E-state index in [2.05, 4.69) is 4.99 Å². The van der Waals surface area contributed by atoms with Crippen LogP contribution >= 0.6 is 23.4 Å². The van der Waals surface area contributed by atoms with Crippen molar-refractivity contribution in [3.8, 4) is 5.75 Å². The molecule has 7 heteroatoms. The van der Waals surface area contributed by atoms with Crippen molar-refractivity contribution in [3.63, 3.8) is 0 Å². The van der Waals surface area contributed by atoms with Crippen LogP contribution < -0.4 is 4.74 Å². The summed E-state index contributed by atoms with van der Waals surface area (Å²) in [4.78, 5) is 30.0. The number of thioether (sulfide) groups is 1. The van der Waals surface area contributed by atoms with Gasteiger partial charge in [0.05, 0.1) is 10.6 Å². The van der Waals surface area contributed by atoms with Gasteiger partial charge in [-0.1, -0.05) is 23.7 Å². The summed E-state index contributed by atoms with van der Waals surface area (Å²) in [7, 11) is 1.69. The van der Waals surface area contributed by atoms with E-state index >= 15 is 0 Å². The molecule has 5 nitrogen and oxygen atoms in total. The smallest absolute Gasteiger partial charge is 0.308 e. The summed E-state index contributed by atoms with van der Waals surface area (Å²) in [6.45, 7) is 1.35. The number of carbonyl (C=O) groups excluding carboxylic acids is 2. The molecule has 1 saturated heterocycles. The predicted octanol–water partition coefficient (Wildman–Crippen LogP) is 4.50. The van der Waals surface area contributed by atoms with Crippen molar-refractivity contribution in [2.24, 2.45) is 4.99 Å². The molecule has 0 N–H and O–H groups in total. The normalized spacial score (nSPS) is 17.2. The molecule has 1 amide bonds. The fourth-order valence-electron chi connectivity index (χ4n) is 2.23. The van der Waals surface area contributed by atoms with E-state index in [1.807, 2.05) is 0 Å². The maximum atomic E-state index is 12.4. The van der Waals surface area contributed by atoms with Crippen molar-refractivity contribution in [1.29, 1.82) is 0 Å². The van der Waals surface area contributed by atoms with Gasteiger partial charge in [0.1, 0.15) is 5.75 Å². The van der Waals surface area contributed by atoms with E-state index in [9.17, 15) is 9.59 Å². The van der Waals surface area contributed by atoms with Crippen LogP contribution in [0.5, 0.6) is 5.75 Å². The number of amidine groups is 1. The van der Waals surface area contributed by atoms with Gasteiger partial charge in [-0.3, -0.25) is 14.5 Å². The molecule has 1 fully saturated rings. The van der Waals surface area contributed by atoms with E-state index in [1.165, 1.54) is 23.6 Å². The molecule has 0 unspecified atom stereocenters. The molecule has 2 aromatic carbocycles. The first-order valence-corrected chi connectivity index (χ1v) is 8.92. The zero-order chi connectivity index (χ0) is 18.7. The number of likely N-dealkylation sites (N-methyl/N-ethyl adjacent to an activating group) is 1.